The molecule has 1 spiro atoms. The molecule has 0 N–H and O–H groups in total. The minimum atomic E-state index is -3.01. The zero-order valence-electron chi connectivity index (χ0n) is 14.0. The van der Waals surface area contributed by atoms with Crippen LogP contribution in [0.3, 0.4) is 0 Å². The van der Waals surface area contributed by atoms with Crippen molar-refractivity contribution in [1.82, 2.24) is 4.98 Å². The molecule has 1 saturated heterocycles. The smallest absolute Gasteiger partial charge is 0.151 e. The molecule has 2 aliphatic rings. The van der Waals surface area contributed by atoms with Crippen LogP contribution in [0.25, 0.3) is 0 Å². The number of hydrogen-bond acceptors (Lipinski definition) is 5. The lowest BCUT2D eigenvalue weighted by molar-refractivity contribution is 0.00216. The second kappa shape index (κ2) is 6.40. The van der Waals surface area contributed by atoms with Crippen molar-refractivity contribution in [3.05, 3.63) is 23.9 Å². The minimum absolute atomic E-state index is 0.0516. The lowest BCUT2D eigenvalue weighted by atomic mass is 9.76. The topological polar surface area (TPSA) is 59.5 Å². The van der Waals surface area contributed by atoms with Crippen molar-refractivity contribution in [3.63, 3.8) is 0 Å². The Morgan fingerprint density at radius 1 is 1.35 bits per heavy atom. The van der Waals surface area contributed by atoms with Crippen molar-refractivity contribution in [2.45, 2.75) is 44.0 Å². The highest BCUT2D eigenvalue weighted by atomic mass is 32.2. The van der Waals surface area contributed by atoms with E-state index in [2.05, 4.69) is 9.88 Å². The Balaban J connectivity index is 1.74. The van der Waals surface area contributed by atoms with Crippen molar-refractivity contribution < 1.29 is 13.2 Å². The molecule has 0 radical (unpaired) electrons. The van der Waals surface area contributed by atoms with Gasteiger partial charge in [0.2, 0.25) is 0 Å². The van der Waals surface area contributed by atoms with Crippen LogP contribution in [0.15, 0.2) is 18.3 Å². The summed E-state index contributed by atoms with van der Waals surface area (Å²) >= 11 is 0. The Bertz CT molecular complexity index is 644. The van der Waals surface area contributed by atoms with Crippen LogP contribution in [-0.4, -0.2) is 46.0 Å². The molecule has 2 atom stereocenters. The summed E-state index contributed by atoms with van der Waals surface area (Å²) < 4.78 is 28.5. The van der Waals surface area contributed by atoms with Gasteiger partial charge in [-0.1, -0.05) is 12.5 Å². The molecule has 2 fully saturated rings. The summed E-state index contributed by atoms with van der Waals surface area (Å²) in [6.07, 6.45) is 9.32. The van der Waals surface area contributed by atoms with Crippen LogP contribution < -0.4 is 4.90 Å². The fourth-order valence-corrected chi connectivity index (χ4v) is 5.07. The van der Waals surface area contributed by atoms with Crippen LogP contribution in [0.1, 0.15) is 37.7 Å². The number of anilines is 1. The Kier molecular flexibility index (Phi) is 4.65. The van der Waals surface area contributed by atoms with E-state index < -0.39 is 9.84 Å². The van der Waals surface area contributed by atoms with Gasteiger partial charge in [0.15, 0.2) is 9.84 Å². The molecule has 1 aromatic heterocycles. The molecule has 0 unspecified atom stereocenters. The van der Waals surface area contributed by atoms with Crippen LogP contribution in [0.5, 0.6) is 0 Å². The van der Waals surface area contributed by atoms with E-state index >= 15 is 0 Å². The Morgan fingerprint density at radius 2 is 2.13 bits per heavy atom. The Hall–Kier alpha value is -1.14. The number of methoxy groups -OCH3 is 1. The monoisotopic (exact) mass is 338 g/mol. The number of aromatic nitrogens is 1. The van der Waals surface area contributed by atoms with Gasteiger partial charge < -0.3 is 9.64 Å². The third kappa shape index (κ3) is 3.69. The van der Waals surface area contributed by atoms with Gasteiger partial charge in [-0.05, 0) is 37.3 Å². The highest BCUT2D eigenvalue weighted by Crippen LogP contribution is 2.46. The molecule has 128 valence electrons. The van der Waals surface area contributed by atoms with E-state index in [0.717, 1.165) is 37.3 Å². The first-order valence-electron chi connectivity index (χ1n) is 8.32. The molecule has 2 heterocycles. The molecular formula is C17H26N2O3S. The summed E-state index contributed by atoms with van der Waals surface area (Å²) in [5.74, 6) is 0.999. The van der Waals surface area contributed by atoms with Crippen LogP contribution in [-0.2, 0) is 20.3 Å². The molecule has 0 amide bonds. The zero-order valence-corrected chi connectivity index (χ0v) is 14.8. The van der Waals surface area contributed by atoms with E-state index in [1.54, 1.807) is 6.20 Å². The number of piperidine rings is 1. The van der Waals surface area contributed by atoms with Gasteiger partial charge in [-0.15, -0.1) is 0 Å². The molecule has 1 aliphatic carbocycles. The van der Waals surface area contributed by atoms with Crippen LogP contribution in [0.2, 0.25) is 0 Å². The predicted octanol–water partition coefficient (Wildman–Crippen LogP) is 2.41. The van der Waals surface area contributed by atoms with Crippen molar-refractivity contribution in [3.8, 4) is 0 Å². The highest BCUT2D eigenvalue weighted by Gasteiger charge is 2.45. The summed E-state index contributed by atoms with van der Waals surface area (Å²) in [7, 11) is -1.19. The van der Waals surface area contributed by atoms with Gasteiger partial charge in [-0.25, -0.2) is 13.4 Å². The highest BCUT2D eigenvalue weighted by molar-refractivity contribution is 7.89. The van der Waals surface area contributed by atoms with E-state index in [4.69, 9.17) is 4.74 Å². The van der Waals surface area contributed by atoms with Crippen molar-refractivity contribution >= 4 is 15.7 Å². The first kappa shape index (κ1) is 16.7. The third-order valence-electron chi connectivity index (χ3n) is 5.28. The number of hydrogen-bond donors (Lipinski definition) is 0. The van der Waals surface area contributed by atoms with Gasteiger partial charge in [0.1, 0.15) is 5.82 Å². The average Bonchev–Trinajstić information content (AvgIpc) is 2.88. The summed E-state index contributed by atoms with van der Waals surface area (Å²) in [5, 5.41) is 0. The molecule has 1 aliphatic heterocycles. The van der Waals surface area contributed by atoms with Crippen molar-refractivity contribution in [2.24, 2.45) is 5.41 Å². The minimum Gasteiger partial charge on any atom is -0.381 e. The van der Waals surface area contributed by atoms with Gasteiger partial charge in [-0.3, -0.25) is 0 Å². The molecular weight excluding hydrogens is 312 g/mol. The number of pyridine rings is 1. The lowest BCUT2D eigenvalue weighted by Crippen LogP contribution is -2.48. The van der Waals surface area contributed by atoms with E-state index in [1.165, 1.54) is 25.5 Å². The predicted molar refractivity (Wildman–Crippen MR) is 91.3 cm³/mol. The van der Waals surface area contributed by atoms with E-state index in [1.807, 2.05) is 19.2 Å². The standard InChI is InChI=1S/C17H26N2O3S/c1-22-15-5-3-8-17(15)9-4-10-19(13-17)16-7-6-14(11-18-16)12-23(2,20)21/h6-7,11,15H,3-5,8-10,12-13H2,1-2H3/t15-,17-/m1/s1. The van der Waals surface area contributed by atoms with Crippen LogP contribution >= 0.6 is 0 Å². The molecule has 5 nitrogen and oxygen atoms in total. The summed E-state index contributed by atoms with van der Waals surface area (Å²) in [6, 6.07) is 3.84. The van der Waals surface area contributed by atoms with Gasteiger partial charge in [0.25, 0.3) is 0 Å². The maximum atomic E-state index is 11.4. The van der Waals surface area contributed by atoms with E-state index in [9.17, 15) is 8.42 Å². The quantitative estimate of drug-likeness (QED) is 0.844. The molecule has 0 bridgehead atoms. The number of nitrogens with zero attached hydrogens (tertiary/aromatic N) is 2. The summed E-state index contributed by atoms with van der Waals surface area (Å²) in [4.78, 5) is 6.85. The Morgan fingerprint density at radius 3 is 2.78 bits per heavy atom. The molecule has 23 heavy (non-hydrogen) atoms. The fraction of sp³-hybridized carbons (Fsp3) is 0.706. The maximum absolute atomic E-state index is 11.4. The first-order chi connectivity index (χ1) is 10.9. The van der Waals surface area contributed by atoms with E-state index in [0.29, 0.717) is 6.10 Å². The fourth-order valence-electron chi connectivity index (χ4n) is 4.29. The SMILES string of the molecule is CO[C@@H]1CCC[C@]12CCCN(c1ccc(CS(C)(=O)=O)cn1)C2. The third-order valence-corrected chi connectivity index (χ3v) is 6.14. The molecule has 6 heteroatoms. The van der Waals surface area contributed by atoms with E-state index in [-0.39, 0.29) is 11.2 Å². The first-order valence-corrected chi connectivity index (χ1v) is 10.4. The molecule has 0 aromatic carbocycles. The van der Waals surface area contributed by atoms with Gasteiger partial charge in [-0.2, -0.15) is 0 Å². The van der Waals surface area contributed by atoms with Crippen LogP contribution in [0, 0.1) is 5.41 Å². The van der Waals surface area contributed by atoms with Crippen molar-refractivity contribution in [2.75, 3.05) is 31.4 Å². The molecule has 1 saturated carbocycles. The largest absolute Gasteiger partial charge is 0.381 e. The normalized spacial score (nSPS) is 28.4. The zero-order chi connectivity index (χ0) is 16.5. The maximum Gasteiger partial charge on any atom is 0.151 e. The second-order valence-corrected chi connectivity index (χ2v) is 9.24. The number of ether oxygens (including phenoxy) is 1. The summed E-state index contributed by atoms with van der Waals surface area (Å²) in [5.41, 5.74) is 1.01. The molecule has 1 aromatic rings. The summed E-state index contributed by atoms with van der Waals surface area (Å²) in [6.45, 7) is 2.00. The van der Waals surface area contributed by atoms with Crippen molar-refractivity contribution in [1.29, 1.82) is 0 Å². The Labute approximate surface area is 139 Å². The number of sulfone groups is 1. The lowest BCUT2D eigenvalue weighted by Gasteiger charge is -2.44. The van der Waals surface area contributed by atoms with Crippen LogP contribution in [0.4, 0.5) is 5.82 Å². The van der Waals surface area contributed by atoms with Gasteiger partial charge in [0.05, 0.1) is 11.9 Å². The average molecular weight is 338 g/mol. The second-order valence-electron chi connectivity index (χ2n) is 7.10. The number of rotatable bonds is 4. The van der Waals surface area contributed by atoms with Gasteiger partial charge in [0, 0.05) is 38.1 Å². The van der Waals surface area contributed by atoms with Gasteiger partial charge >= 0.3 is 0 Å². The molecule has 3 rings (SSSR count).